The fourth-order valence-electron chi connectivity index (χ4n) is 2.06. The van der Waals surface area contributed by atoms with Gasteiger partial charge in [0.25, 0.3) is 0 Å². The van der Waals surface area contributed by atoms with E-state index >= 15 is 0 Å². The molecule has 3 heteroatoms. The van der Waals surface area contributed by atoms with Gasteiger partial charge in [-0.1, -0.05) is 25.1 Å². The molecule has 2 N–H and O–H groups in total. The van der Waals surface area contributed by atoms with Crippen LogP contribution in [0.4, 0.5) is 0 Å². The van der Waals surface area contributed by atoms with Crippen LogP contribution in [0.2, 0.25) is 0 Å². The minimum atomic E-state index is -0.206. The molecule has 2 atom stereocenters. The molecule has 0 fully saturated rings. The van der Waals surface area contributed by atoms with Crippen molar-refractivity contribution in [1.82, 2.24) is 0 Å². The van der Waals surface area contributed by atoms with Gasteiger partial charge in [-0.05, 0) is 37.0 Å². The zero-order valence-electron chi connectivity index (χ0n) is 11.7. The lowest BCUT2D eigenvalue weighted by molar-refractivity contribution is -0.141. The van der Waals surface area contributed by atoms with Crippen LogP contribution in [0, 0.1) is 13.8 Å². The van der Waals surface area contributed by atoms with Gasteiger partial charge < -0.3 is 10.5 Å². The number of hydrogen-bond acceptors (Lipinski definition) is 3. The molecular formula is C15H23NO2. The number of aryl methyl sites for hydroxylation is 2. The fraction of sp³-hybridized carbons (Fsp3) is 0.533. The topological polar surface area (TPSA) is 52.3 Å². The second-order valence-corrected chi connectivity index (χ2v) is 4.80. The van der Waals surface area contributed by atoms with Crippen molar-refractivity contribution < 1.29 is 9.53 Å². The van der Waals surface area contributed by atoms with Gasteiger partial charge in [-0.2, -0.15) is 0 Å². The molecule has 0 aliphatic carbocycles. The minimum Gasteiger partial charge on any atom is -0.469 e. The van der Waals surface area contributed by atoms with Crippen LogP contribution < -0.4 is 5.73 Å². The summed E-state index contributed by atoms with van der Waals surface area (Å²) >= 11 is 0. The summed E-state index contributed by atoms with van der Waals surface area (Å²) in [7, 11) is 1.41. The Bertz CT molecular complexity index is 415. The molecule has 0 aliphatic heterocycles. The molecule has 100 valence electrons. The van der Waals surface area contributed by atoms with Crippen molar-refractivity contribution >= 4 is 5.97 Å². The normalized spacial score (nSPS) is 14.1. The molecule has 18 heavy (non-hydrogen) atoms. The van der Waals surface area contributed by atoms with Gasteiger partial charge in [0.15, 0.2) is 0 Å². The summed E-state index contributed by atoms with van der Waals surface area (Å²) in [5.74, 6) is -0.177. The molecule has 0 heterocycles. The zero-order valence-corrected chi connectivity index (χ0v) is 11.7. The summed E-state index contributed by atoms with van der Waals surface area (Å²) in [4.78, 5) is 11.5. The van der Waals surface area contributed by atoms with Crippen molar-refractivity contribution in [3.8, 4) is 0 Å². The fourth-order valence-corrected chi connectivity index (χ4v) is 2.06. The van der Waals surface area contributed by atoms with E-state index in [1.165, 1.54) is 18.2 Å². The monoisotopic (exact) mass is 249 g/mol. The Morgan fingerprint density at radius 3 is 2.50 bits per heavy atom. The minimum absolute atomic E-state index is 0.0220. The summed E-state index contributed by atoms with van der Waals surface area (Å²) in [6, 6.07) is 6.24. The number of nitrogens with two attached hydrogens (primary N) is 1. The largest absolute Gasteiger partial charge is 0.469 e. The summed E-state index contributed by atoms with van der Waals surface area (Å²) in [5, 5.41) is 0. The Hall–Kier alpha value is -1.35. The third kappa shape index (κ3) is 3.57. The summed E-state index contributed by atoms with van der Waals surface area (Å²) < 4.78 is 4.76. The lowest BCUT2D eigenvalue weighted by Crippen LogP contribution is -2.29. The van der Waals surface area contributed by atoms with Crippen LogP contribution in [0.5, 0.6) is 0 Å². The molecule has 0 amide bonds. The van der Waals surface area contributed by atoms with Crippen LogP contribution in [0.3, 0.4) is 0 Å². The number of ether oxygens (including phenoxy) is 1. The third-order valence-corrected chi connectivity index (χ3v) is 3.56. The Kier molecular flexibility index (Phi) is 5.35. The van der Waals surface area contributed by atoms with Crippen LogP contribution in [0.15, 0.2) is 18.2 Å². The molecule has 0 saturated heterocycles. The standard InChI is InChI=1S/C15H23NO2/c1-5-14(16)13(9-15(17)18-4)12-7-6-10(2)11(3)8-12/h6-8,13-14H,5,9,16H2,1-4H3. The average Bonchev–Trinajstić information content (AvgIpc) is 2.38. The molecule has 0 spiro atoms. The maximum atomic E-state index is 11.5. The number of benzene rings is 1. The van der Waals surface area contributed by atoms with E-state index in [1.807, 2.05) is 6.92 Å². The molecule has 0 radical (unpaired) electrons. The first-order valence-corrected chi connectivity index (χ1v) is 6.39. The molecule has 3 nitrogen and oxygen atoms in total. The van der Waals surface area contributed by atoms with Crippen molar-refractivity contribution in [2.75, 3.05) is 7.11 Å². The van der Waals surface area contributed by atoms with Crippen molar-refractivity contribution in [2.45, 2.75) is 45.6 Å². The van der Waals surface area contributed by atoms with E-state index in [4.69, 9.17) is 10.5 Å². The van der Waals surface area contributed by atoms with Crippen molar-refractivity contribution in [2.24, 2.45) is 5.73 Å². The number of rotatable bonds is 5. The number of carbonyl (C=O) groups is 1. The van der Waals surface area contributed by atoms with E-state index in [1.54, 1.807) is 0 Å². The Labute approximate surface area is 109 Å². The van der Waals surface area contributed by atoms with Crippen LogP contribution in [-0.2, 0) is 9.53 Å². The van der Waals surface area contributed by atoms with Gasteiger partial charge in [-0.25, -0.2) is 0 Å². The van der Waals surface area contributed by atoms with E-state index in [0.717, 1.165) is 12.0 Å². The molecule has 0 bridgehead atoms. The van der Waals surface area contributed by atoms with Crippen molar-refractivity contribution in [1.29, 1.82) is 0 Å². The van der Waals surface area contributed by atoms with Crippen molar-refractivity contribution in [3.05, 3.63) is 34.9 Å². The first-order chi connectivity index (χ1) is 8.49. The molecular weight excluding hydrogens is 226 g/mol. The summed E-state index contributed by atoms with van der Waals surface area (Å²) in [5.41, 5.74) is 9.73. The second kappa shape index (κ2) is 6.55. The Morgan fingerprint density at radius 1 is 1.33 bits per heavy atom. The van der Waals surface area contributed by atoms with E-state index in [9.17, 15) is 4.79 Å². The number of hydrogen-bond donors (Lipinski definition) is 1. The molecule has 0 saturated carbocycles. The first kappa shape index (κ1) is 14.7. The van der Waals surface area contributed by atoms with Gasteiger partial charge in [0.1, 0.15) is 0 Å². The second-order valence-electron chi connectivity index (χ2n) is 4.80. The maximum absolute atomic E-state index is 11.5. The van der Waals surface area contributed by atoms with E-state index in [0.29, 0.717) is 6.42 Å². The van der Waals surface area contributed by atoms with Gasteiger partial charge in [0.2, 0.25) is 0 Å². The van der Waals surface area contributed by atoms with E-state index < -0.39 is 0 Å². The molecule has 0 aromatic heterocycles. The number of carbonyl (C=O) groups excluding carboxylic acids is 1. The Balaban J connectivity index is 3.01. The van der Waals surface area contributed by atoms with E-state index in [2.05, 4.69) is 32.0 Å². The number of methoxy groups -OCH3 is 1. The molecule has 2 unspecified atom stereocenters. The molecule has 1 rings (SSSR count). The third-order valence-electron chi connectivity index (χ3n) is 3.56. The van der Waals surface area contributed by atoms with Gasteiger partial charge in [0.05, 0.1) is 13.5 Å². The van der Waals surface area contributed by atoms with Gasteiger partial charge >= 0.3 is 5.97 Å². The lowest BCUT2D eigenvalue weighted by Gasteiger charge is -2.23. The van der Waals surface area contributed by atoms with Crippen LogP contribution in [-0.4, -0.2) is 19.1 Å². The smallest absolute Gasteiger partial charge is 0.306 e. The SMILES string of the molecule is CCC(N)C(CC(=O)OC)c1ccc(C)c(C)c1. The highest BCUT2D eigenvalue weighted by atomic mass is 16.5. The van der Waals surface area contributed by atoms with Gasteiger partial charge in [-0.3, -0.25) is 4.79 Å². The van der Waals surface area contributed by atoms with Crippen molar-refractivity contribution in [3.63, 3.8) is 0 Å². The molecule has 1 aromatic carbocycles. The van der Waals surface area contributed by atoms with Gasteiger partial charge in [-0.15, -0.1) is 0 Å². The Morgan fingerprint density at radius 2 is 2.00 bits per heavy atom. The highest BCUT2D eigenvalue weighted by Gasteiger charge is 2.22. The zero-order chi connectivity index (χ0) is 13.7. The molecule has 1 aromatic rings. The highest BCUT2D eigenvalue weighted by Crippen LogP contribution is 2.26. The van der Waals surface area contributed by atoms with Crippen LogP contribution in [0.1, 0.15) is 42.4 Å². The predicted octanol–water partition coefficient (Wildman–Crippen LogP) is 2.69. The summed E-state index contributed by atoms with van der Waals surface area (Å²) in [6.45, 7) is 6.19. The lowest BCUT2D eigenvalue weighted by atomic mass is 9.86. The predicted molar refractivity (Wildman–Crippen MR) is 73.6 cm³/mol. The van der Waals surface area contributed by atoms with Gasteiger partial charge in [0, 0.05) is 12.0 Å². The van der Waals surface area contributed by atoms with Crippen LogP contribution >= 0.6 is 0 Å². The quantitative estimate of drug-likeness (QED) is 0.816. The van der Waals surface area contributed by atoms with E-state index in [-0.39, 0.29) is 17.9 Å². The average molecular weight is 249 g/mol. The number of esters is 1. The summed E-state index contributed by atoms with van der Waals surface area (Å²) in [6.07, 6.45) is 1.18. The molecule has 0 aliphatic rings. The van der Waals surface area contributed by atoms with Crippen LogP contribution in [0.25, 0.3) is 0 Å². The maximum Gasteiger partial charge on any atom is 0.306 e. The first-order valence-electron chi connectivity index (χ1n) is 6.39. The highest BCUT2D eigenvalue weighted by molar-refractivity contribution is 5.70.